The number of guanidine groups is 1. The molecule has 1 aromatic rings. The number of nitrogens with one attached hydrogen (secondary N) is 3. The number of anilines is 1. The number of hydrogen-bond donors (Lipinski definition) is 4. The van der Waals surface area contributed by atoms with Gasteiger partial charge < -0.3 is 15.8 Å². The Kier molecular flexibility index (Phi) is 5.22. The van der Waals surface area contributed by atoms with E-state index in [2.05, 4.69) is 5.32 Å². The van der Waals surface area contributed by atoms with Gasteiger partial charge in [0.15, 0.2) is 5.17 Å². The molecule has 1 aliphatic rings. The molecular formula is C14H17N5O3S. The molecule has 1 atom stereocenters. The van der Waals surface area contributed by atoms with Gasteiger partial charge in [0.25, 0.3) is 0 Å². The zero-order valence-electron chi connectivity index (χ0n) is 12.5. The number of carbonyl (C=O) groups is 2. The Morgan fingerprint density at radius 3 is 2.65 bits per heavy atom. The number of carbonyl (C=O) groups excluding carboxylic acids is 2. The molecule has 9 heteroatoms. The fraction of sp³-hybridized carbons (Fsp3) is 0.286. The average molecular weight is 335 g/mol. The first-order valence-electron chi connectivity index (χ1n) is 6.88. The largest absolute Gasteiger partial charge is 0.494 e. The monoisotopic (exact) mass is 335 g/mol. The van der Waals surface area contributed by atoms with E-state index in [0.29, 0.717) is 18.0 Å². The Morgan fingerprint density at radius 1 is 1.48 bits per heavy atom. The first-order valence-corrected chi connectivity index (χ1v) is 7.76. The third kappa shape index (κ3) is 4.01. The second-order valence-corrected chi connectivity index (χ2v) is 5.87. The molecule has 23 heavy (non-hydrogen) atoms. The van der Waals surface area contributed by atoms with Crippen molar-refractivity contribution in [1.29, 1.82) is 10.8 Å². The Morgan fingerprint density at radius 2 is 2.13 bits per heavy atom. The lowest BCUT2D eigenvalue weighted by atomic mass is 10.2. The van der Waals surface area contributed by atoms with Crippen molar-refractivity contribution in [3.63, 3.8) is 0 Å². The number of amidine groups is 1. The van der Waals surface area contributed by atoms with Crippen molar-refractivity contribution < 1.29 is 14.3 Å². The topological polar surface area (TPSA) is 132 Å². The third-order valence-electron chi connectivity index (χ3n) is 3.03. The van der Waals surface area contributed by atoms with Gasteiger partial charge in [0.2, 0.25) is 17.8 Å². The summed E-state index contributed by atoms with van der Waals surface area (Å²) in [4.78, 5) is 24.9. The van der Waals surface area contributed by atoms with Crippen LogP contribution in [0.15, 0.2) is 24.3 Å². The quantitative estimate of drug-likeness (QED) is 0.484. The molecule has 2 amide bonds. The summed E-state index contributed by atoms with van der Waals surface area (Å²) in [6.45, 7) is 2.44. The molecule has 122 valence electrons. The maximum Gasteiger partial charge on any atom is 0.238 e. The van der Waals surface area contributed by atoms with Crippen molar-refractivity contribution in [2.24, 2.45) is 5.73 Å². The smallest absolute Gasteiger partial charge is 0.238 e. The van der Waals surface area contributed by atoms with E-state index in [9.17, 15) is 9.59 Å². The summed E-state index contributed by atoms with van der Waals surface area (Å²) in [5.41, 5.74) is 5.83. The normalized spacial score (nSPS) is 17.8. The minimum atomic E-state index is -0.725. The summed E-state index contributed by atoms with van der Waals surface area (Å²) in [6, 6.07) is 6.87. The van der Waals surface area contributed by atoms with Crippen LogP contribution in [0.4, 0.5) is 5.69 Å². The van der Waals surface area contributed by atoms with E-state index in [1.54, 1.807) is 24.3 Å². The summed E-state index contributed by atoms with van der Waals surface area (Å²) in [7, 11) is 0. The number of rotatable bonds is 4. The summed E-state index contributed by atoms with van der Waals surface area (Å²) < 4.78 is 5.32. The molecule has 1 saturated heterocycles. The van der Waals surface area contributed by atoms with Crippen molar-refractivity contribution in [3.05, 3.63) is 24.3 Å². The molecule has 0 aromatic heterocycles. The average Bonchev–Trinajstić information content (AvgIpc) is 2.48. The van der Waals surface area contributed by atoms with Gasteiger partial charge in [0.1, 0.15) is 11.0 Å². The Balaban J connectivity index is 2.00. The lowest BCUT2D eigenvalue weighted by Gasteiger charge is -2.29. The van der Waals surface area contributed by atoms with Gasteiger partial charge in [-0.05, 0) is 31.2 Å². The molecule has 8 nitrogen and oxygen atoms in total. The molecule has 0 radical (unpaired) electrons. The summed E-state index contributed by atoms with van der Waals surface area (Å²) in [5.74, 6) is -0.724. The zero-order valence-corrected chi connectivity index (χ0v) is 13.3. The first kappa shape index (κ1) is 16.8. The number of amides is 2. The van der Waals surface area contributed by atoms with Crippen LogP contribution in [0.25, 0.3) is 0 Å². The molecule has 2 rings (SSSR count). The van der Waals surface area contributed by atoms with Gasteiger partial charge in [0.05, 0.1) is 6.61 Å². The van der Waals surface area contributed by atoms with Crippen LogP contribution in [0.5, 0.6) is 5.75 Å². The van der Waals surface area contributed by atoms with E-state index in [0.717, 1.165) is 16.7 Å². The molecule has 1 aromatic carbocycles. The predicted octanol–water partition coefficient (Wildman–Crippen LogP) is 1.19. The molecular weight excluding hydrogens is 318 g/mol. The first-order chi connectivity index (χ1) is 10.9. The number of benzene rings is 1. The fourth-order valence-electron chi connectivity index (χ4n) is 2.01. The molecule has 0 spiro atoms. The second-order valence-electron chi connectivity index (χ2n) is 4.68. The highest BCUT2D eigenvalue weighted by Crippen LogP contribution is 2.26. The van der Waals surface area contributed by atoms with Gasteiger partial charge >= 0.3 is 0 Å². The van der Waals surface area contributed by atoms with E-state index >= 15 is 0 Å². The molecule has 0 aliphatic carbocycles. The van der Waals surface area contributed by atoms with Crippen molar-refractivity contribution in [1.82, 2.24) is 4.90 Å². The van der Waals surface area contributed by atoms with Crippen molar-refractivity contribution in [2.75, 3.05) is 11.9 Å². The van der Waals surface area contributed by atoms with Gasteiger partial charge in [0, 0.05) is 12.1 Å². The lowest BCUT2D eigenvalue weighted by molar-refractivity contribution is -0.127. The standard InChI is InChI=1S/C14H17N5O3S/c1-2-22-9-5-3-8(4-6-9)18-12(21)10-7-11(20)19(13(15)16)14(17)23-10/h3-6,10,17H,2,7H2,1H3,(H3,15,16)(H,18,21)/t10-/m0/s1. The van der Waals surface area contributed by atoms with Crippen LogP contribution in [0.3, 0.4) is 0 Å². The minimum absolute atomic E-state index is 0.116. The van der Waals surface area contributed by atoms with E-state index in [-0.39, 0.29) is 17.5 Å². The molecule has 5 N–H and O–H groups in total. The number of nitrogens with two attached hydrogens (primary N) is 1. The van der Waals surface area contributed by atoms with E-state index in [1.807, 2.05) is 6.92 Å². The Labute approximate surface area is 137 Å². The van der Waals surface area contributed by atoms with E-state index in [4.69, 9.17) is 21.3 Å². The lowest BCUT2D eigenvalue weighted by Crippen LogP contribution is -2.50. The number of nitrogens with zero attached hydrogens (tertiary/aromatic N) is 1. The number of thioether (sulfide) groups is 1. The molecule has 0 unspecified atom stereocenters. The van der Waals surface area contributed by atoms with Gasteiger partial charge in [-0.3, -0.25) is 20.4 Å². The summed E-state index contributed by atoms with van der Waals surface area (Å²) in [6.07, 6.45) is -0.116. The Hall–Kier alpha value is -2.55. The maximum absolute atomic E-state index is 12.2. The molecule has 0 bridgehead atoms. The van der Waals surface area contributed by atoms with Gasteiger partial charge in [-0.2, -0.15) is 0 Å². The number of ether oxygens (including phenoxy) is 1. The molecule has 1 fully saturated rings. The highest BCUT2D eigenvalue weighted by Gasteiger charge is 2.36. The Bertz CT molecular complexity index is 628. The van der Waals surface area contributed by atoms with Crippen LogP contribution in [-0.2, 0) is 9.59 Å². The molecule has 0 saturated carbocycles. The maximum atomic E-state index is 12.2. The van der Waals surface area contributed by atoms with Gasteiger partial charge in [-0.15, -0.1) is 0 Å². The van der Waals surface area contributed by atoms with Gasteiger partial charge in [-0.1, -0.05) is 11.8 Å². The minimum Gasteiger partial charge on any atom is -0.494 e. The van der Waals surface area contributed by atoms with Crippen molar-refractivity contribution in [3.8, 4) is 5.75 Å². The van der Waals surface area contributed by atoms with E-state index < -0.39 is 17.1 Å². The number of hydrogen-bond acceptors (Lipinski definition) is 6. The predicted molar refractivity (Wildman–Crippen MR) is 88.7 cm³/mol. The van der Waals surface area contributed by atoms with Crippen molar-refractivity contribution >= 4 is 40.4 Å². The van der Waals surface area contributed by atoms with Crippen LogP contribution in [0.1, 0.15) is 13.3 Å². The fourth-order valence-corrected chi connectivity index (χ4v) is 2.97. The molecule has 1 aliphatic heterocycles. The highest BCUT2D eigenvalue weighted by atomic mass is 32.2. The third-order valence-corrected chi connectivity index (χ3v) is 4.10. The van der Waals surface area contributed by atoms with Crippen molar-refractivity contribution in [2.45, 2.75) is 18.6 Å². The summed E-state index contributed by atoms with van der Waals surface area (Å²) >= 11 is 0.896. The summed E-state index contributed by atoms with van der Waals surface area (Å²) in [5, 5.41) is 16.8. The van der Waals surface area contributed by atoms with Crippen LogP contribution in [0, 0.1) is 10.8 Å². The van der Waals surface area contributed by atoms with Crippen LogP contribution in [0.2, 0.25) is 0 Å². The zero-order chi connectivity index (χ0) is 17.0. The van der Waals surface area contributed by atoms with Crippen LogP contribution < -0.4 is 15.8 Å². The van der Waals surface area contributed by atoms with Crippen LogP contribution in [-0.4, -0.2) is 39.7 Å². The second kappa shape index (κ2) is 7.14. The SMILES string of the molecule is CCOc1ccc(NC(=O)[C@@H]2CC(=O)N(C(=N)N)C(=N)S2)cc1. The van der Waals surface area contributed by atoms with E-state index in [1.165, 1.54) is 0 Å². The molecule has 1 heterocycles. The van der Waals surface area contributed by atoms with Crippen LogP contribution >= 0.6 is 11.8 Å². The highest BCUT2D eigenvalue weighted by molar-refractivity contribution is 8.15. The van der Waals surface area contributed by atoms with Gasteiger partial charge in [-0.25, -0.2) is 4.90 Å².